The van der Waals surface area contributed by atoms with Crippen molar-refractivity contribution in [3.05, 3.63) is 41.6 Å². The second-order valence-corrected chi connectivity index (χ2v) is 5.71. The normalized spacial score (nSPS) is 10.6. The number of rotatable bonds is 9. The van der Waals surface area contributed by atoms with Crippen LogP contribution in [0, 0.1) is 6.92 Å². The second-order valence-electron chi connectivity index (χ2n) is 4.75. The molecular weight excluding hydrogens is 284 g/mol. The number of aryl methyl sites for hydroxylation is 1. The molecule has 0 saturated carbocycles. The molecule has 2 aromatic rings. The zero-order valence-corrected chi connectivity index (χ0v) is 13.4. The van der Waals surface area contributed by atoms with Gasteiger partial charge in [-0.25, -0.2) is 4.98 Å². The summed E-state index contributed by atoms with van der Waals surface area (Å²) in [5, 5.41) is 5.18. The van der Waals surface area contributed by atoms with Crippen LogP contribution in [-0.4, -0.2) is 31.9 Å². The van der Waals surface area contributed by atoms with Gasteiger partial charge in [-0.15, -0.1) is 0 Å². The van der Waals surface area contributed by atoms with Gasteiger partial charge in [0.1, 0.15) is 0 Å². The van der Waals surface area contributed by atoms with Crippen LogP contribution < -0.4 is 10.1 Å². The van der Waals surface area contributed by atoms with Crippen molar-refractivity contribution in [2.45, 2.75) is 19.8 Å². The van der Waals surface area contributed by atoms with Crippen LogP contribution in [0.3, 0.4) is 0 Å². The van der Waals surface area contributed by atoms with Gasteiger partial charge in [-0.05, 0) is 18.9 Å². The fraction of sp³-hybridized carbons (Fsp3) is 0.438. The highest BCUT2D eigenvalue weighted by Crippen LogP contribution is 2.30. The van der Waals surface area contributed by atoms with E-state index in [0.717, 1.165) is 41.9 Å². The molecule has 0 atom stereocenters. The van der Waals surface area contributed by atoms with Gasteiger partial charge < -0.3 is 14.8 Å². The van der Waals surface area contributed by atoms with E-state index in [-0.39, 0.29) is 0 Å². The lowest BCUT2D eigenvalue weighted by Crippen LogP contribution is -2.04. The average molecular weight is 306 g/mol. The molecule has 2 rings (SSSR count). The van der Waals surface area contributed by atoms with Crippen LogP contribution >= 0.6 is 11.3 Å². The summed E-state index contributed by atoms with van der Waals surface area (Å²) >= 11 is 1.57. The first-order valence-electron chi connectivity index (χ1n) is 7.16. The molecule has 0 amide bonds. The van der Waals surface area contributed by atoms with E-state index in [9.17, 15) is 0 Å². The van der Waals surface area contributed by atoms with E-state index in [0.29, 0.717) is 6.61 Å². The maximum Gasteiger partial charge on any atom is 0.198 e. The fourth-order valence-electron chi connectivity index (χ4n) is 1.92. The topological polar surface area (TPSA) is 43.4 Å². The van der Waals surface area contributed by atoms with E-state index in [1.807, 2.05) is 13.0 Å². The zero-order valence-electron chi connectivity index (χ0n) is 12.6. The Bertz CT molecular complexity index is 528. The number of hydrogen-bond acceptors (Lipinski definition) is 5. The summed E-state index contributed by atoms with van der Waals surface area (Å²) in [5.41, 5.74) is 2.27. The molecule has 21 heavy (non-hydrogen) atoms. The molecule has 0 aliphatic heterocycles. The fourth-order valence-corrected chi connectivity index (χ4v) is 2.79. The van der Waals surface area contributed by atoms with Gasteiger partial charge in [-0.3, -0.25) is 0 Å². The van der Waals surface area contributed by atoms with Crippen LogP contribution in [-0.2, 0) is 11.2 Å². The summed E-state index contributed by atoms with van der Waals surface area (Å²) < 4.78 is 10.7. The molecule has 0 bridgehead atoms. The number of aromatic nitrogens is 1. The zero-order chi connectivity index (χ0) is 14.9. The highest BCUT2D eigenvalue weighted by atomic mass is 32.1. The molecule has 114 valence electrons. The molecule has 0 unspecified atom stereocenters. The van der Waals surface area contributed by atoms with Gasteiger partial charge >= 0.3 is 0 Å². The van der Waals surface area contributed by atoms with E-state index in [1.165, 1.54) is 5.56 Å². The van der Waals surface area contributed by atoms with Crippen molar-refractivity contribution in [2.24, 2.45) is 0 Å². The van der Waals surface area contributed by atoms with Crippen molar-refractivity contribution in [3.8, 4) is 5.06 Å². The average Bonchev–Trinajstić information content (AvgIpc) is 2.85. The SMILES string of the molecule is COCCCOc1sc(NCCc2ccccc2)nc1C. The molecular formula is C16H22N2O2S. The number of anilines is 1. The Morgan fingerprint density at radius 1 is 1.19 bits per heavy atom. The van der Waals surface area contributed by atoms with Crippen molar-refractivity contribution < 1.29 is 9.47 Å². The summed E-state index contributed by atoms with van der Waals surface area (Å²) in [6, 6.07) is 10.4. The maximum atomic E-state index is 5.72. The molecule has 1 aromatic heterocycles. The lowest BCUT2D eigenvalue weighted by molar-refractivity contribution is 0.173. The first-order chi connectivity index (χ1) is 10.3. The third kappa shape index (κ3) is 5.36. The Morgan fingerprint density at radius 2 is 2.00 bits per heavy atom. The number of nitrogens with one attached hydrogen (secondary N) is 1. The van der Waals surface area contributed by atoms with Gasteiger partial charge in [0.2, 0.25) is 0 Å². The van der Waals surface area contributed by atoms with Crippen molar-refractivity contribution in [3.63, 3.8) is 0 Å². The Kier molecular flexibility index (Phi) is 6.50. The third-order valence-corrected chi connectivity index (χ3v) is 4.04. The van der Waals surface area contributed by atoms with Gasteiger partial charge in [0.25, 0.3) is 0 Å². The maximum absolute atomic E-state index is 5.72. The van der Waals surface area contributed by atoms with E-state index >= 15 is 0 Å². The van der Waals surface area contributed by atoms with Gasteiger partial charge in [0, 0.05) is 26.7 Å². The molecule has 0 aliphatic carbocycles. The molecule has 5 heteroatoms. The largest absolute Gasteiger partial charge is 0.482 e. The van der Waals surface area contributed by atoms with E-state index in [2.05, 4.69) is 34.6 Å². The molecule has 0 radical (unpaired) electrons. The number of hydrogen-bond donors (Lipinski definition) is 1. The summed E-state index contributed by atoms with van der Waals surface area (Å²) in [5.74, 6) is 0. The second kappa shape index (κ2) is 8.64. The number of methoxy groups -OCH3 is 1. The Morgan fingerprint density at radius 3 is 2.76 bits per heavy atom. The minimum atomic E-state index is 0.667. The molecule has 1 N–H and O–H groups in total. The quantitative estimate of drug-likeness (QED) is 0.720. The third-order valence-electron chi connectivity index (χ3n) is 3.01. The summed E-state index contributed by atoms with van der Waals surface area (Å²) in [4.78, 5) is 4.49. The van der Waals surface area contributed by atoms with Crippen LogP contribution in [0.4, 0.5) is 5.13 Å². The Hall–Kier alpha value is -1.59. The van der Waals surface area contributed by atoms with E-state index in [4.69, 9.17) is 9.47 Å². The predicted octanol–water partition coefficient (Wildman–Crippen LogP) is 3.52. The molecule has 1 heterocycles. The van der Waals surface area contributed by atoms with Gasteiger partial charge in [0.15, 0.2) is 10.2 Å². The molecule has 0 spiro atoms. The first-order valence-corrected chi connectivity index (χ1v) is 7.98. The van der Waals surface area contributed by atoms with Crippen LogP contribution in [0.1, 0.15) is 17.7 Å². The van der Waals surface area contributed by atoms with Crippen LogP contribution in [0.5, 0.6) is 5.06 Å². The monoisotopic (exact) mass is 306 g/mol. The Balaban J connectivity index is 1.76. The van der Waals surface area contributed by atoms with Crippen molar-refractivity contribution >= 4 is 16.5 Å². The number of nitrogens with zero attached hydrogens (tertiary/aromatic N) is 1. The van der Waals surface area contributed by atoms with Crippen LogP contribution in [0.2, 0.25) is 0 Å². The number of thiazole rings is 1. The van der Waals surface area contributed by atoms with Crippen molar-refractivity contribution in [2.75, 3.05) is 32.2 Å². The van der Waals surface area contributed by atoms with Crippen molar-refractivity contribution in [1.29, 1.82) is 0 Å². The van der Waals surface area contributed by atoms with Crippen LogP contribution in [0.15, 0.2) is 30.3 Å². The molecule has 0 fully saturated rings. The molecule has 4 nitrogen and oxygen atoms in total. The van der Waals surface area contributed by atoms with Crippen LogP contribution in [0.25, 0.3) is 0 Å². The predicted molar refractivity (Wildman–Crippen MR) is 87.5 cm³/mol. The first kappa shape index (κ1) is 15.8. The lowest BCUT2D eigenvalue weighted by atomic mass is 10.2. The van der Waals surface area contributed by atoms with E-state index in [1.54, 1.807) is 18.4 Å². The van der Waals surface area contributed by atoms with Crippen molar-refractivity contribution in [1.82, 2.24) is 4.98 Å². The summed E-state index contributed by atoms with van der Waals surface area (Å²) in [6.07, 6.45) is 1.88. The minimum absolute atomic E-state index is 0.667. The molecule has 0 aliphatic rings. The number of benzene rings is 1. The van der Waals surface area contributed by atoms with Gasteiger partial charge in [-0.1, -0.05) is 41.7 Å². The number of ether oxygens (including phenoxy) is 2. The summed E-state index contributed by atoms with van der Waals surface area (Å²) in [6.45, 7) is 4.24. The summed E-state index contributed by atoms with van der Waals surface area (Å²) in [7, 11) is 1.70. The molecule has 0 saturated heterocycles. The van der Waals surface area contributed by atoms with Gasteiger partial charge in [-0.2, -0.15) is 0 Å². The highest BCUT2D eigenvalue weighted by Gasteiger charge is 2.08. The highest BCUT2D eigenvalue weighted by molar-refractivity contribution is 7.17. The lowest BCUT2D eigenvalue weighted by Gasteiger charge is -2.03. The van der Waals surface area contributed by atoms with Gasteiger partial charge in [0.05, 0.1) is 12.3 Å². The standard InChI is InChI=1S/C16H22N2O2S/c1-13-15(20-12-6-11-19-2)21-16(18-13)17-10-9-14-7-4-3-5-8-14/h3-5,7-8H,6,9-12H2,1-2H3,(H,17,18). The van der Waals surface area contributed by atoms with E-state index < -0.39 is 0 Å². The minimum Gasteiger partial charge on any atom is -0.482 e. The Labute approximate surface area is 130 Å². The smallest absolute Gasteiger partial charge is 0.198 e. The molecule has 1 aromatic carbocycles.